The van der Waals surface area contributed by atoms with Gasteiger partial charge in [0.15, 0.2) is 12.3 Å². The second kappa shape index (κ2) is 7.38. The van der Waals surface area contributed by atoms with Crippen LogP contribution in [-0.2, 0) is 13.7 Å². The molecule has 3 rings (SSSR count). The predicted octanol–water partition coefficient (Wildman–Crippen LogP) is 2.93. The van der Waals surface area contributed by atoms with Crippen LogP contribution in [0, 0.1) is 12.7 Å². The zero-order chi connectivity index (χ0) is 18.7. The van der Waals surface area contributed by atoms with Crippen LogP contribution in [0.5, 0.6) is 5.75 Å². The minimum atomic E-state index is -0.394. The zero-order valence-electron chi connectivity index (χ0n) is 14.7. The van der Waals surface area contributed by atoms with Crippen molar-refractivity contribution in [2.24, 2.45) is 7.05 Å². The number of benzene rings is 1. The van der Waals surface area contributed by atoms with Crippen molar-refractivity contribution >= 4 is 5.91 Å². The summed E-state index contributed by atoms with van der Waals surface area (Å²) in [5.41, 5.74) is 2.05. The van der Waals surface area contributed by atoms with E-state index in [1.165, 1.54) is 18.4 Å². The molecule has 0 aliphatic heterocycles. The summed E-state index contributed by atoms with van der Waals surface area (Å²) in [6.07, 6.45) is 2.99. The van der Waals surface area contributed by atoms with E-state index in [0.29, 0.717) is 5.75 Å². The number of carbonyl (C=O) groups excluding carboxylic acids is 1. The molecule has 0 saturated heterocycles. The molecule has 8 heteroatoms. The van der Waals surface area contributed by atoms with Crippen molar-refractivity contribution in [1.29, 1.82) is 0 Å². The van der Waals surface area contributed by atoms with Crippen LogP contribution in [0.1, 0.15) is 40.6 Å². The molecule has 0 bridgehead atoms. The number of amides is 1. The van der Waals surface area contributed by atoms with Gasteiger partial charge in [-0.1, -0.05) is 6.07 Å². The van der Waals surface area contributed by atoms with E-state index in [1.54, 1.807) is 23.0 Å². The van der Waals surface area contributed by atoms with E-state index in [1.807, 2.05) is 20.9 Å². The first-order valence-electron chi connectivity index (χ1n) is 8.06. The van der Waals surface area contributed by atoms with Crippen LogP contribution in [0.3, 0.4) is 0 Å². The molecule has 7 nitrogen and oxygen atoms in total. The number of aromatic nitrogens is 3. The predicted molar refractivity (Wildman–Crippen MR) is 91.1 cm³/mol. The number of aryl methyl sites for hydroxylation is 1. The van der Waals surface area contributed by atoms with Gasteiger partial charge >= 0.3 is 0 Å². The SMILES string of the molecule is Cc1c([C@H](C)NC(=O)c2coc(COc3cccc(F)c3)n2)cnn1C. The van der Waals surface area contributed by atoms with Gasteiger partial charge in [-0.2, -0.15) is 5.10 Å². The van der Waals surface area contributed by atoms with E-state index in [4.69, 9.17) is 9.15 Å². The average molecular weight is 358 g/mol. The number of oxazole rings is 1. The molecule has 0 fully saturated rings. The van der Waals surface area contributed by atoms with Crippen LogP contribution < -0.4 is 10.1 Å². The van der Waals surface area contributed by atoms with Crippen molar-refractivity contribution in [2.75, 3.05) is 0 Å². The lowest BCUT2D eigenvalue weighted by Gasteiger charge is -2.12. The van der Waals surface area contributed by atoms with Gasteiger partial charge in [0.2, 0.25) is 5.89 Å². The number of ether oxygens (including phenoxy) is 1. The molecule has 26 heavy (non-hydrogen) atoms. The molecule has 0 saturated carbocycles. The van der Waals surface area contributed by atoms with Crippen molar-refractivity contribution < 1.29 is 18.3 Å². The van der Waals surface area contributed by atoms with Gasteiger partial charge < -0.3 is 14.5 Å². The van der Waals surface area contributed by atoms with Gasteiger partial charge in [0.1, 0.15) is 17.8 Å². The van der Waals surface area contributed by atoms with Crippen LogP contribution >= 0.6 is 0 Å². The monoisotopic (exact) mass is 358 g/mol. The Morgan fingerprint density at radius 1 is 1.46 bits per heavy atom. The topological polar surface area (TPSA) is 82.2 Å². The van der Waals surface area contributed by atoms with Gasteiger partial charge in [0.25, 0.3) is 5.91 Å². The molecular formula is C18H19FN4O3. The summed E-state index contributed by atoms with van der Waals surface area (Å²) in [7, 11) is 1.84. The highest BCUT2D eigenvalue weighted by atomic mass is 19.1. The van der Waals surface area contributed by atoms with Crippen LogP contribution in [0.4, 0.5) is 4.39 Å². The molecule has 2 heterocycles. The first-order valence-corrected chi connectivity index (χ1v) is 8.06. The Bertz CT molecular complexity index is 919. The van der Waals surface area contributed by atoms with E-state index in [-0.39, 0.29) is 30.1 Å². The fourth-order valence-electron chi connectivity index (χ4n) is 2.47. The van der Waals surface area contributed by atoms with Gasteiger partial charge in [-0.05, 0) is 26.0 Å². The first-order chi connectivity index (χ1) is 12.4. The lowest BCUT2D eigenvalue weighted by Crippen LogP contribution is -2.27. The molecule has 0 spiro atoms. The Labute approximate surface area is 149 Å². The van der Waals surface area contributed by atoms with Crippen LogP contribution in [0.25, 0.3) is 0 Å². The van der Waals surface area contributed by atoms with Gasteiger partial charge in [-0.15, -0.1) is 0 Å². The molecule has 2 aromatic heterocycles. The van der Waals surface area contributed by atoms with E-state index < -0.39 is 5.82 Å². The fraction of sp³-hybridized carbons (Fsp3) is 0.278. The average Bonchev–Trinajstić information content (AvgIpc) is 3.21. The quantitative estimate of drug-likeness (QED) is 0.733. The molecule has 3 aromatic rings. The summed E-state index contributed by atoms with van der Waals surface area (Å²) < 4.78 is 25.5. The van der Waals surface area contributed by atoms with Crippen molar-refractivity contribution in [3.8, 4) is 5.75 Å². The highest BCUT2D eigenvalue weighted by Crippen LogP contribution is 2.17. The van der Waals surface area contributed by atoms with Gasteiger partial charge in [-0.3, -0.25) is 9.48 Å². The lowest BCUT2D eigenvalue weighted by molar-refractivity contribution is 0.0934. The second-order valence-electron chi connectivity index (χ2n) is 5.88. The molecule has 0 aliphatic rings. The first kappa shape index (κ1) is 17.7. The van der Waals surface area contributed by atoms with Crippen LogP contribution in [0.2, 0.25) is 0 Å². The smallest absolute Gasteiger partial charge is 0.273 e. The van der Waals surface area contributed by atoms with Gasteiger partial charge in [0.05, 0.1) is 12.2 Å². The number of carbonyl (C=O) groups is 1. The van der Waals surface area contributed by atoms with Crippen molar-refractivity contribution in [3.63, 3.8) is 0 Å². The van der Waals surface area contributed by atoms with Crippen LogP contribution in [0.15, 0.2) is 41.1 Å². The summed E-state index contributed by atoms with van der Waals surface area (Å²) in [5.74, 6) is -0.171. The molecular weight excluding hydrogens is 339 g/mol. The summed E-state index contributed by atoms with van der Waals surface area (Å²) >= 11 is 0. The number of halogens is 1. The summed E-state index contributed by atoms with van der Waals surface area (Å²) in [6, 6.07) is 5.53. The minimum absolute atomic E-state index is 0.00595. The number of hydrogen-bond donors (Lipinski definition) is 1. The molecule has 1 atom stereocenters. The third-order valence-corrected chi connectivity index (χ3v) is 4.03. The summed E-state index contributed by atoms with van der Waals surface area (Å²) in [5, 5.41) is 7.02. The minimum Gasteiger partial charge on any atom is -0.484 e. The normalized spacial score (nSPS) is 12.0. The number of hydrogen-bond acceptors (Lipinski definition) is 5. The Morgan fingerprint density at radius 3 is 2.96 bits per heavy atom. The Morgan fingerprint density at radius 2 is 2.27 bits per heavy atom. The van der Waals surface area contributed by atoms with E-state index in [2.05, 4.69) is 15.4 Å². The summed E-state index contributed by atoms with van der Waals surface area (Å²) in [6.45, 7) is 3.80. The maximum absolute atomic E-state index is 13.1. The molecule has 1 N–H and O–H groups in total. The third-order valence-electron chi connectivity index (χ3n) is 4.03. The standard InChI is InChI=1S/C18H19FN4O3/c1-11(15-8-20-23(3)12(15)2)21-18(24)16-9-26-17(22-16)10-25-14-6-4-5-13(19)7-14/h4-9,11H,10H2,1-3H3,(H,21,24)/t11-/m0/s1. The highest BCUT2D eigenvalue weighted by Gasteiger charge is 2.18. The molecule has 1 aromatic carbocycles. The number of rotatable bonds is 6. The Balaban J connectivity index is 1.60. The maximum atomic E-state index is 13.1. The Hall–Kier alpha value is -3.16. The molecule has 0 radical (unpaired) electrons. The molecule has 0 aliphatic carbocycles. The Kier molecular flexibility index (Phi) is 5.01. The maximum Gasteiger partial charge on any atom is 0.273 e. The van der Waals surface area contributed by atoms with Gasteiger partial charge in [0, 0.05) is 24.4 Å². The largest absolute Gasteiger partial charge is 0.484 e. The van der Waals surface area contributed by atoms with Crippen molar-refractivity contribution in [2.45, 2.75) is 26.5 Å². The number of nitrogens with one attached hydrogen (secondary N) is 1. The highest BCUT2D eigenvalue weighted by molar-refractivity contribution is 5.92. The zero-order valence-corrected chi connectivity index (χ0v) is 14.7. The number of nitrogens with zero attached hydrogens (tertiary/aromatic N) is 3. The second-order valence-corrected chi connectivity index (χ2v) is 5.88. The van der Waals surface area contributed by atoms with Crippen LogP contribution in [-0.4, -0.2) is 20.7 Å². The molecule has 136 valence electrons. The van der Waals surface area contributed by atoms with Crippen molar-refractivity contribution in [3.05, 3.63) is 65.4 Å². The third kappa shape index (κ3) is 3.90. The van der Waals surface area contributed by atoms with Crippen molar-refractivity contribution in [1.82, 2.24) is 20.1 Å². The summed E-state index contributed by atoms with van der Waals surface area (Å²) in [4.78, 5) is 16.4. The lowest BCUT2D eigenvalue weighted by atomic mass is 10.1. The molecule has 1 amide bonds. The molecule has 0 unspecified atom stereocenters. The van der Waals surface area contributed by atoms with E-state index >= 15 is 0 Å². The fourth-order valence-corrected chi connectivity index (χ4v) is 2.47. The van der Waals surface area contributed by atoms with E-state index in [9.17, 15) is 9.18 Å². The van der Waals surface area contributed by atoms with Gasteiger partial charge in [-0.25, -0.2) is 9.37 Å². The van der Waals surface area contributed by atoms with E-state index in [0.717, 1.165) is 11.3 Å².